The molecule has 0 bridgehead atoms. The Hall–Kier alpha value is -2.80. The zero-order valence-electron chi connectivity index (χ0n) is 13.7. The standard InChI is InChI=1S/C19H15BrN2O4/c20-13-5-3-4-12(10-13)16(23)11-26-18(24)9-8-17-21-15-7-2-1-6-14(15)19(25)22-17/h1-7,10H,8-9,11H2,(H,21,22,25). The molecule has 2 aromatic carbocycles. The van der Waals surface area contributed by atoms with E-state index in [4.69, 9.17) is 4.74 Å². The molecule has 1 heterocycles. The summed E-state index contributed by atoms with van der Waals surface area (Å²) < 4.78 is 5.79. The number of carbonyl (C=O) groups is 2. The lowest BCUT2D eigenvalue weighted by Crippen LogP contribution is -2.16. The Morgan fingerprint density at radius 1 is 1.12 bits per heavy atom. The van der Waals surface area contributed by atoms with Crippen LogP contribution in [0.15, 0.2) is 57.8 Å². The highest BCUT2D eigenvalue weighted by atomic mass is 79.9. The number of nitrogens with zero attached hydrogens (tertiary/aromatic N) is 1. The van der Waals surface area contributed by atoms with Crippen molar-refractivity contribution in [2.45, 2.75) is 12.8 Å². The van der Waals surface area contributed by atoms with E-state index >= 15 is 0 Å². The third-order valence-corrected chi connectivity index (χ3v) is 4.23. The predicted molar refractivity (Wildman–Crippen MR) is 100 cm³/mol. The lowest BCUT2D eigenvalue weighted by molar-refractivity contribution is -0.142. The van der Waals surface area contributed by atoms with Crippen LogP contribution in [0.5, 0.6) is 0 Å². The molecule has 0 aliphatic rings. The lowest BCUT2D eigenvalue weighted by Gasteiger charge is -2.05. The first-order chi connectivity index (χ1) is 12.5. The van der Waals surface area contributed by atoms with Crippen LogP contribution in [0.3, 0.4) is 0 Å². The van der Waals surface area contributed by atoms with Gasteiger partial charge >= 0.3 is 5.97 Å². The minimum Gasteiger partial charge on any atom is -0.457 e. The summed E-state index contributed by atoms with van der Waals surface area (Å²) in [6.45, 7) is -0.322. The topological polar surface area (TPSA) is 89.1 Å². The third-order valence-electron chi connectivity index (χ3n) is 3.74. The molecule has 1 N–H and O–H groups in total. The number of H-pyrrole nitrogens is 1. The maximum absolute atomic E-state index is 12.0. The van der Waals surface area contributed by atoms with Crippen LogP contribution in [-0.4, -0.2) is 28.3 Å². The van der Waals surface area contributed by atoms with Crippen LogP contribution in [0.4, 0.5) is 0 Å². The summed E-state index contributed by atoms with van der Waals surface area (Å²) in [5.41, 5.74) is 0.793. The van der Waals surface area contributed by atoms with Crippen LogP contribution in [0, 0.1) is 0 Å². The van der Waals surface area contributed by atoms with Crippen LogP contribution in [-0.2, 0) is 16.0 Å². The minimum atomic E-state index is -0.524. The number of rotatable bonds is 6. The molecule has 0 amide bonds. The highest BCUT2D eigenvalue weighted by molar-refractivity contribution is 9.10. The van der Waals surface area contributed by atoms with Gasteiger partial charge in [0.05, 0.1) is 17.3 Å². The summed E-state index contributed by atoms with van der Waals surface area (Å²) in [6, 6.07) is 13.8. The fourth-order valence-corrected chi connectivity index (χ4v) is 2.84. The summed E-state index contributed by atoms with van der Waals surface area (Å²) in [5.74, 6) is -0.398. The van der Waals surface area contributed by atoms with Gasteiger partial charge in [-0.25, -0.2) is 4.98 Å². The number of Topliss-reactive ketones (excluding diaryl/α,β-unsaturated/α-hetero) is 1. The summed E-state index contributed by atoms with van der Waals surface area (Å²) in [7, 11) is 0. The van der Waals surface area contributed by atoms with E-state index in [-0.39, 0.29) is 30.8 Å². The van der Waals surface area contributed by atoms with E-state index in [2.05, 4.69) is 25.9 Å². The first-order valence-corrected chi connectivity index (χ1v) is 8.74. The number of halogens is 1. The Bertz CT molecular complexity index is 1030. The smallest absolute Gasteiger partial charge is 0.306 e. The van der Waals surface area contributed by atoms with Gasteiger partial charge in [0.2, 0.25) is 0 Å². The zero-order valence-corrected chi connectivity index (χ0v) is 15.3. The summed E-state index contributed by atoms with van der Waals surface area (Å²) in [5, 5.41) is 0.499. The van der Waals surface area contributed by atoms with Crippen molar-refractivity contribution >= 4 is 38.6 Å². The number of para-hydroxylation sites is 1. The van der Waals surface area contributed by atoms with E-state index in [0.29, 0.717) is 22.3 Å². The molecule has 0 aliphatic heterocycles. The molecular formula is C19H15BrN2O4. The third kappa shape index (κ3) is 4.43. The molecule has 3 rings (SSSR count). The number of carbonyl (C=O) groups excluding carboxylic acids is 2. The van der Waals surface area contributed by atoms with E-state index in [1.807, 2.05) is 0 Å². The van der Waals surface area contributed by atoms with Crippen molar-refractivity contribution in [1.82, 2.24) is 9.97 Å². The van der Waals surface area contributed by atoms with E-state index in [1.165, 1.54) is 0 Å². The molecule has 0 unspecified atom stereocenters. The van der Waals surface area contributed by atoms with Crippen LogP contribution in [0.25, 0.3) is 10.9 Å². The number of esters is 1. The maximum Gasteiger partial charge on any atom is 0.306 e. The second-order valence-electron chi connectivity index (χ2n) is 5.62. The van der Waals surface area contributed by atoms with Crippen molar-refractivity contribution in [3.63, 3.8) is 0 Å². The Balaban J connectivity index is 1.56. The Kier molecular flexibility index (Phi) is 5.58. The molecule has 0 radical (unpaired) electrons. The van der Waals surface area contributed by atoms with Crippen LogP contribution in [0.1, 0.15) is 22.6 Å². The molecule has 0 saturated carbocycles. The van der Waals surface area contributed by atoms with Crippen molar-refractivity contribution in [1.29, 1.82) is 0 Å². The van der Waals surface area contributed by atoms with Gasteiger partial charge in [0.15, 0.2) is 12.4 Å². The second-order valence-corrected chi connectivity index (χ2v) is 6.54. The normalized spacial score (nSPS) is 10.7. The Morgan fingerprint density at radius 2 is 1.92 bits per heavy atom. The first-order valence-electron chi connectivity index (χ1n) is 7.95. The number of nitrogens with one attached hydrogen (secondary N) is 1. The van der Waals surface area contributed by atoms with Gasteiger partial charge in [-0.2, -0.15) is 0 Å². The molecule has 0 atom stereocenters. The predicted octanol–water partition coefficient (Wildman–Crippen LogP) is 3.04. The molecule has 7 heteroatoms. The van der Waals surface area contributed by atoms with Crippen molar-refractivity contribution in [3.8, 4) is 0 Å². The summed E-state index contributed by atoms with van der Waals surface area (Å²) >= 11 is 3.29. The molecule has 0 fully saturated rings. The molecule has 0 spiro atoms. The molecule has 0 aliphatic carbocycles. The van der Waals surface area contributed by atoms with Crippen molar-refractivity contribution < 1.29 is 14.3 Å². The SMILES string of the molecule is O=C(CCc1nc2ccccc2c(=O)[nH]1)OCC(=O)c1cccc(Br)c1. The van der Waals surface area contributed by atoms with Gasteiger partial charge in [-0.3, -0.25) is 14.4 Å². The van der Waals surface area contributed by atoms with E-state index < -0.39 is 5.97 Å². The van der Waals surface area contributed by atoms with Crippen LogP contribution >= 0.6 is 15.9 Å². The summed E-state index contributed by atoms with van der Waals surface area (Å²) in [4.78, 5) is 42.8. The van der Waals surface area contributed by atoms with E-state index in [9.17, 15) is 14.4 Å². The molecule has 1 aromatic heterocycles. The van der Waals surface area contributed by atoms with Gasteiger partial charge in [0.1, 0.15) is 5.82 Å². The zero-order chi connectivity index (χ0) is 18.5. The maximum atomic E-state index is 12.0. The van der Waals surface area contributed by atoms with Gasteiger partial charge in [0, 0.05) is 16.5 Å². The van der Waals surface area contributed by atoms with Gasteiger partial charge < -0.3 is 9.72 Å². The number of ether oxygens (including phenoxy) is 1. The van der Waals surface area contributed by atoms with Gasteiger partial charge in [-0.05, 0) is 24.3 Å². The van der Waals surface area contributed by atoms with Crippen molar-refractivity contribution in [2.75, 3.05) is 6.61 Å². The fourth-order valence-electron chi connectivity index (χ4n) is 2.44. The summed E-state index contributed by atoms with van der Waals surface area (Å²) in [6.07, 6.45) is 0.247. The number of aromatic amines is 1. The number of aryl methyl sites for hydroxylation is 1. The minimum absolute atomic E-state index is 0.0209. The number of ketones is 1. The Labute approximate surface area is 157 Å². The van der Waals surface area contributed by atoms with Crippen molar-refractivity contribution in [3.05, 3.63) is 74.7 Å². The molecule has 132 valence electrons. The van der Waals surface area contributed by atoms with E-state index in [1.54, 1.807) is 48.5 Å². The molecule has 3 aromatic rings. The Morgan fingerprint density at radius 3 is 2.73 bits per heavy atom. The monoisotopic (exact) mass is 414 g/mol. The lowest BCUT2D eigenvalue weighted by atomic mass is 10.1. The van der Waals surface area contributed by atoms with Gasteiger partial charge in [-0.1, -0.05) is 40.2 Å². The first kappa shape index (κ1) is 18.0. The van der Waals surface area contributed by atoms with E-state index in [0.717, 1.165) is 4.47 Å². The van der Waals surface area contributed by atoms with Gasteiger partial charge in [0.25, 0.3) is 5.56 Å². The number of aromatic nitrogens is 2. The van der Waals surface area contributed by atoms with Crippen LogP contribution < -0.4 is 5.56 Å². The quantitative estimate of drug-likeness (QED) is 0.494. The number of fused-ring (bicyclic) bond motifs is 1. The molecule has 6 nitrogen and oxygen atoms in total. The highest BCUT2D eigenvalue weighted by Crippen LogP contribution is 2.12. The number of hydrogen-bond donors (Lipinski definition) is 1. The molecule has 0 saturated heterocycles. The van der Waals surface area contributed by atoms with Crippen molar-refractivity contribution in [2.24, 2.45) is 0 Å². The largest absolute Gasteiger partial charge is 0.457 e. The number of benzene rings is 2. The number of hydrogen-bond acceptors (Lipinski definition) is 5. The van der Waals surface area contributed by atoms with Gasteiger partial charge in [-0.15, -0.1) is 0 Å². The average Bonchev–Trinajstić information content (AvgIpc) is 2.64. The molecule has 26 heavy (non-hydrogen) atoms. The van der Waals surface area contributed by atoms with Crippen LogP contribution in [0.2, 0.25) is 0 Å². The molecular weight excluding hydrogens is 400 g/mol. The average molecular weight is 415 g/mol. The highest BCUT2D eigenvalue weighted by Gasteiger charge is 2.11. The second kappa shape index (κ2) is 8.05. The fraction of sp³-hybridized carbons (Fsp3) is 0.158.